The van der Waals surface area contributed by atoms with E-state index in [2.05, 4.69) is 0 Å². The summed E-state index contributed by atoms with van der Waals surface area (Å²) < 4.78 is 5.75. The zero-order valence-corrected chi connectivity index (χ0v) is 10.2. The molecule has 1 aromatic carbocycles. The lowest BCUT2D eigenvalue weighted by Gasteiger charge is -2.22. The zero-order chi connectivity index (χ0) is 11.4. The molecule has 0 bridgehead atoms. The van der Waals surface area contributed by atoms with Gasteiger partial charge in [0.05, 0.1) is 17.3 Å². The van der Waals surface area contributed by atoms with Gasteiger partial charge in [0.15, 0.2) is 5.75 Å². The Hall–Kier alpha value is -0.890. The van der Waals surface area contributed by atoms with Gasteiger partial charge < -0.3 is 10.5 Å². The molecule has 1 aromatic rings. The van der Waals surface area contributed by atoms with Gasteiger partial charge in [0.1, 0.15) is 0 Å². The molecule has 88 valence electrons. The van der Waals surface area contributed by atoms with Crippen molar-refractivity contribution in [2.24, 2.45) is 5.92 Å². The molecule has 0 aliphatic heterocycles. The summed E-state index contributed by atoms with van der Waals surface area (Å²) in [6, 6.07) is 5.47. The van der Waals surface area contributed by atoms with Gasteiger partial charge in [0.2, 0.25) is 0 Å². The molecular weight excluding hydrogens is 222 g/mol. The van der Waals surface area contributed by atoms with E-state index in [9.17, 15) is 0 Å². The topological polar surface area (TPSA) is 35.2 Å². The largest absolute Gasteiger partial charge is 0.490 e. The minimum absolute atomic E-state index is 0.607. The molecule has 0 saturated heterocycles. The first kappa shape index (κ1) is 11.6. The molecule has 1 saturated carbocycles. The summed E-state index contributed by atoms with van der Waals surface area (Å²) >= 11 is 6.04. The van der Waals surface area contributed by atoms with Gasteiger partial charge in [0.25, 0.3) is 0 Å². The highest BCUT2D eigenvalue weighted by molar-refractivity contribution is 6.32. The molecular formula is C13H18ClNO. The highest BCUT2D eigenvalue weighted by atomic mass is 35.5. The van der Waals surface area contributed by atoms with Crippen LogP contribution in [0.15, 0.2) is 18.2 Å². The van der Waals surface area contributed by atoms with E-state index in [1.54, 1.807) is 0 Å². The SMILES string of the molecule is Nc1cccc(Cl)c1OCC1CCCCC1. The smallest absolute Gasteiger partial charge is 0.160 e. The van der Waals surface area contributed by atoms with Crippen LogP contribution in [0, 0.1) is 5.92 Å². The number of nitrogens with two attached hydrogens (primary N) is 1. The maximum atomic E-state index is 6.04. The molecule has 0 radical (unpaired) electrons. The van der Waals surface area contributed by atoms with Crippen LogP contribution in [0.1, 0.15) is 32.1 Å². The van der Waals surface area contributed by atoms with E-state index in [-0.39, 0.29) is 0 Å². The summed E-state index contributed by atoms with van der Waals surface area (Å²) in [6.07, 6.45) is 6.55. The van der Waals surface area contributed by atoms with E-state index in [4.69, 9.17) is 22.1 Å². The lowest BCUT2D eigenvalue weighted by molar-refractivity contribution is 0.210. The first-order valence-corrected chi connectivity index (χ1v) is 6.32. The van der Waals surface area contributed by atoms with Gasteiger partial charge in [-0.3, -0.25) is 0 Å². The quantitative estimate of drug-likeness (QED) is 0.813. The molecule has 1 aliphatic carbocycles. The normalized spacial score (nSPS) is 17.3. The van der Waals surface area contributed by atoms with Crippen LogP contribution in [0.4, 0.5) is 5.69 Å². The molecule has 3 heteroatoms. The van der Waals surface area contributed by atoms with Crippen LogP contribution in [0.25, 0.3) is 0 Å². The van der Waals surface area contributed by atoms with Crippen LogP contribution >= 0.6 is 11.6 Å². The summed E-state index contributed by atoms with van der Waals surface area (Å²) in [4.78, 5) is 0. The van der Waals surface area contributed by atoms with Crippen LogP contribution in [-0.2, 0) is 0 Å². The van der Waals surface area contributed by atoms with Crippen molar-refractivity contribution >= 4 is 17.3 Å². The number of rotatable bonds is 3. The average molecular weight is 240 g/mol. The number of nitrogen functional groups attached to an aromatic ring is 1. The number of anilines is 1. The van der Waals surface area contributed by atoms with E-state index < -0.39 is 0 Å². The Morgan fingerprint density at radius 2 is 2.00 bits per heavy atom. The summed E-state index contributed by atoms with van der Waals surface area (Å²) in [5.41, 5.74) is 6.46. The molecule has 0 spiro atoms. The predicted octanol–water partition coefficient (Wildman–Crippen LogP) is 3.88. The Balaban J connectivity index is 1.93. The molecule has 0 unspecified atom stereocenters. The van der Waals surface area contributed by atoms with Crippen molar-refractivity contribution in [1.29, 1.82) is 0 Å². The van der Waals surface area contributed by atoms with Gasteiger partial charge in [-0.1, -0.05) is 36.9 Å². The van der Waals surface area contributed by atoms with Crippen molar-refractivity contribution in [3.63, 3.8) is 0 Å². The molecule has 1 aliphatic rings. The lowest BCUT2D eigenvalue weighted by atomic mass is 9.90. The van der Waals surface area contributed by atoms with E-state index in [0.29, 0.717) is 22.4 Å². The van der Waals surface area contributed by atoms with Crippen LogP contribution in [0.5, 0.6) is 5.75 Å². The van der Waals surface area contributed by atoms with Gasteiger partial charge in [-0.05, 0) is 30.9 Å². The predicted molar refractivity (Wildman–Crippen MR) is 67.9 cm³/mol. The van der Waals surface area contributed by atoms with Crippen molar-refractivity contribution in [2.45, 2.75) is 32.1 Å². The van der Waals surface area contributed by atoms with Gasteiger partial charge >= 0.3 is 0 Å². The minimum atomic E-state index is 0.607. The Morgan fingerprint density at radius 1 is 1.25 bits per heavy atom. The van der Waals surface area contributed by atoms with E-state index >= 15 is 0 Å². The Bertz CT molecular complexity index is 328. The highest BCUT2D eigenvalue weighted by Gasteiger charge is 2.15. The minimum Gasteiger partial charge on any atom is -0.490 e. The van der Waals surface area contributed by atoms with Crippen LogP contribution in [0.3, 0.4) is 0 Å². The van der Waals surface area contributed by atoms with Crippen molar-refractivity contribution in [1.82, 2.24) is 0 Å². The molecule has 2 nitrogen and oxygen atoms in total. The third-order valence-electron chi connectivity index (χ3n) is 3.19. The fourth-order valence-corrected chi connectivity index (χ4v) is 2.47. The second-order valence-corrected chi connectivity index (χ2v) is 4.88. The lowest BCUT2D eigenvalue weighted by Crippen LogP contribution is -2.15. The number of benzene rings is 1. The number of halogens is 1. The maximum absolute atomic E-state index is 6.04. The number of ether oxygens (including phenoxy) is 1. The monoisotopic (exact) mass is 239 g/mol. The highest BCUT2D eigenvalue weighted by Crippen LogP contribution is 2.32. The molecule has 16 heavy (non-hydrogen) atoms. The zero-order valence-electron chi connectivity index (χ0n) is 9.42. The Labute approximate surface area is 102 Å². The number of hydrogen-bond acceptors (Lipinski definition) is 2. The van der Waals surface area contributed by atoms with Crippen molar-refractivity contribution in [3.05, 3.63) is 23.2 Å². The average Bonchev–Trinajstić information content (AvgIpc) is 2.30. The number of para-hydroxylation sites is 1. The van der Waals surface area contributed by atoms with Gasteiger partial charge in [-0.2, -0.15) is 0 Å². The van der Waals surface area contributed by atoms with Crippen molar-refractivity contribution in [3.8, 4) is 5.75 Å². The van der Waals surface area contributed by atoms with E-state index in [0.717, 1.165) is 6.61 Å². The standard InChI is InChI=1S/C13H18ClNO/c14-11-7-4-8-12(15)13(11)16-9-10-5-2-1-3-6-10/h4,7-8,10H,1-3,5-6,9,15H2. The van der Waals surface area contributed by atoms with Gasteiger partial charge in [0, 0.05) is 0 Å². The van der Waals surface area contributed by atoms with Gasteiger partial charge in [-0.25, -0.2) is 0 Å². The second kappa shape index (κ2) is 5.44. The van der Waals surface area contributed by atoms with E-state index in [1.165, 1.54) is 32.1 Å². The molecule has 0 aromatic heterocycles. The molecule has 2 rings (SSSR count). The molecule has 0 atom stereocenters. The van der Waals surface area contributed by atoms with Crippen molar-refractivity contribution in [2.75, 3.05) is 12.3 Å². The fourth-order valence-electron chi connectivity index (χ4n) is 2.23. The second-order valence-electron chi connectivity index (χ2n) is 4.47. The third kappa shape index (κ3) is 2.82. The van der Waals surface area contributed by atoms with E-state index in [1.807, 2.05) is 18.2 Å². The summed E-state index contributed by atoms with van der Waals surface area (Å²) in [7, 11) is 0. The Kier molecular flexibility index (Phi) is 3.94. The first-order valence-electron chi connectivity index (χ1n) is 5.94. The van der Waals surface area contributed by atoms with Crippen molar-refractivity contribution < 1.29 is 4.74 Å². The summed E-state index contributed by atoms with van der Waals surface area (Å²) in [5.74, 6) is 1.32. The van der Waals surface area contributed by atoms with Crippen LogP contribution in [0.2, 0.25) is 5.02 Å². The molecule has 2 N–H and O–H groups in total. The Morgan fingerprint density at radius 3 is 2.69 bits per heavy atom. The summed E-state index contributed by atoms with van der Waals surface area (Å²) in [6.45, 7) is 0.744. The fraction of sp³-hybridized carbons (Fsp3) is 0.538. The first-order chi connectivity index (χ1) is 7.77. The third-order valence-corrected chi connectivity index (χ3v) is 3.48. The molecule has 0 amide bonds. The van der Waals surface area contributed by atoms with Crippen LogP contribution in [-0.4, -0.2) is 6.61 Å². The maximum Gasteiger partial charge on any atom is 0.160 e. The van der Waals surface area contributed by atoms with Gasteiger partial charge in [-0.15, -0.1) is 0 Å². The van der Waals surface area contributed by atoms with Crippen LogP contribution < -0.4 is 10.5 Å². The molecule has 1 fully saturated rings. The summed E-state index contributed by atoms with van der Waals surface area (Å²) in [5, 5.41) is 0.607. The molecule has 0 heterocycles. The number of hydrogen-bond donors (Lipinski definition) is 1.